The Morgan fingerprint density at radius 3 is 2.22 bits per heavy atom. The van der Waals surface area contributed by atoms with Gasteiger partial charge in [-0.2, -0.15) is 0 Å². The molecule has 1 rings (SSSR count). The molecule has 18 heavy (non-hydrogen) atoms. The summed E-state index contributed by atoms with van der Waals surface area (Å²) in [5.41, 5.74) is -0.723. The molecule has 106 valence electrons. The molecule has 1 aliphatic carbocycles. The molecule has 2 N–H and O–H groups in total. The van der Waals surface area contributed by atoms with Crippen LogP contribution < -0.4 is 5.32 Å². The molecule has 0 radical (unpaired) electrons. The number of aliphatic hydroxyl groups is 1. The minimum Gasteiger partial charge on any atom is -0.388 e. The van der Waals surface area contributed by atoms with Crippen molar-refractivity contribution in [2.24, 2.45) is 5.92 Å². The topological polar surface area (TPSA) is 49.3 Å². The minimum absolute atomic E-state index is 0.113. The molecule has 3 nitrogen and oxygen atoms in total. The number of rotatable bonds is 6. The summed E-state index contributed by atoms with van der Waals surface area (Å²) in [6.45, 7) is 4.31. The van der Waals surface area contributed by atoms with Crippen LogP contribution in [0.15, 0.2) is 0 Å². The molecule has 0 aromatic heterocycles. The van der Waals surface area contributed by atoms with Crippen LogP contribution in [0, 0.1) is 5.92 Å². The first-order valence-electron chi connectivity index (χ1n) is 7.58. The zero-order valence-corrected chi connectivity index (χ0v) is 12.0. The van der Waals surface area contributed by atoms with Gasteiger partial charge in [0, 0.05) is 13.0 Å². The minimum atomic E-state index is -0.723. The van der Waals surface area contributed by atoms with E-state index in [1.807, 2.05) is 13.8 Å². The molecular weight excluding hydrogens is 226 g/mol. The number of nitrogens with one attached hydrogen (secondary N) is 1. The summed E-state index contributed by atoms with van der Waals surface area (Å²) in [6.07, 6.45) is 9.59. The second kappa shape index (κ2) is 7.78. The summed E-state index contributed by atoms with van der Waals surface area (Å²) >= 11 is 0. The Morgan fingerprint density at radius 1 is 1.17 bits per heavy atom. The van der Waals surface area contributed by atoms with E-state index in [0.29, 0.717) is 31.7 Å². The van der Waals surface area contributed by atoms with Crippen molar-refractivity contribution < 1.29 is 9.90 Å². The van der Waals surface area contributed by atoms with E-state index in [0.717, 1.165) is 0 Å². The summed E-state index contributed by atoms with van der Waals surface area (Å²) in [5.74, 6) is 0.672. The number of amides is 1. The van der Waals surface area contributed by atoms with Crippen molar-refractivity contribution in [2.75, 3.05) is 6.54 Å². The molecule has 0 saturated heterocycles. The van der Waals surface area contributed by atoms with Crippen LogP contribution in [0.4, 0.5) is 0 Å². The van der Waals surface area contributed by atoms with Gasteiger partial charge in [0.05, 0.1) is 5.60 Å². The van der Waals surface area contributed by atoms with Crippen molar-refractivity contribution >= 4 is 5.91 Å². The maximum absolute atomic E-state index is 11.9. The lowest BCUT2D eigenvalue weighted by atomic mass is 9.95. The molecule has 0 unspecified atom stereocenters. The van der Waals surface area contributed by atoms with Crippen LogP contribution in [0.5, 0.6) is 0 Å². The zero-order valence-electron chi connectivity index (χ0n) is 12.0. The Hall–Kier alpha value is -0.570. The SMILES string of the molecule is CCC(O)(CC)CNC(=O)CC1CCCCCC1. The van der Waals surface area contributed by atoms with Gasteiger partial charge in [-0.25, -0.2) is 0 Å². The third kappa shape index (κ3) is 5.38. The fourth-order valence-electron chi connectivity index (χ4n) is 2.67. The fraction of sp³-hybridized carbons (Fsp3) is 0.933. The van der Waals surface area contributed by atoms with E-state index in [4.69, 9.17) is 0 Å². The molecule has 1 aliphatic rings. The fourth-order valence-corrected chi connectivity index (χ4v) is 2.67. The lowest BCUT2D eigenvalue weighted by molar-refractivity contribution is -0.123. The number of hydrogen-bond donors (Lipinski definition) is 2. The van der Waals surface area contributed by atoms with Crippen molar-refractivity contribution in [3.8, 4) is 0 Å². The molecule has 1 saturated carbocycles. The highest BCUT2D eigenvalue weighted by Crippen LogP contribution is 2.25. The zero-order chi connectivity index (χ0) is 13.4. The van der Waals surface area contributed by atoms with Gasteiger partial charge in [-0.05, 0) is 31.6 Å². The van der Waals surface area contributed by atoms with Gasteiger partial charge in [0.2, 0.25) is 5.91 Å². The summed E-state index contributed by atoms with van der Waals surface area (Å²) < 4.78 is 0. The van der Waals surface area contributed by atoms with Gasteiger partial charge in [-0.3, -0.25) is 4.79 Å². The molecule has 0 spiro atoms. The number of carbonyl (C=O) groups is 1. The average Bonchev–Trinajstić information content (AvgIpc) is 2.64. The highest BCUT2D eigenvalue weighted by atomic mass is 16.3. The Kier molecular flexibility index (Phi) is 6.69. The van der Waals surface area contributed by atoms with Crippen molar-refractivity contribution in [2.45, 2.75) is 77.2 Å². The standard InChI is InChI=1S/C15H29NO2/c1-3-15(18,4-2)12-16-14(17)11-13-9-7-5-6-8-10-13/h13,18H,3-12H2,1-2H3,(H,16,17). The van der Waals surface area contributed by atoms with Crippen molar-refractivity contribution in [1.29, 1.82) is 0 Å². The van der Waals surface area contributed by atoms with Crippen molar-refractivity contribution in [3.63, 3.8) is 0 Å². The Labute approximate surface area is 111 Å². The molecule has 0 aromatic carbocycles. The average molecular weight is 255 g/mol. The maximum atomic E-state index is 11.9. The molecule has 0 atom stereocenters. The van der Waals surface area contributed by atoms with Crippen LogP contribution >= 0.6 is 0 Å². The van der Waals surface area contributed by atoms with E-state index >= 15 is 0 Å². The van der Waals surface area contributed by atoms with Crippen LogP contribution in [0.3, 0.4) is 0 Å². The summed E-state index contributed by atoms with van der Waals surface area (Å²) in [4.78, 5) is 11.9. The molecule has 1 fully saturated rings. The predicted octanol–water partition coefficient (Wildman–Crippen LogP) is 3.01. The van der Waals surface area contributed by atoms with Gasteiger partial charge >= 0.3 is 0 Å². The van der Waals surface area contributed by atoms with Gasteiger partial charge in [0.15, 0.2) is 0 Å². The van der Waals surface area contributed by atoms with E-state index in [-0.39, 0.29) is 5.91 Å². The molecule has 3 heteroatoms. The van der Waals surface area contributed by atoms with Crippen LogP contribution in [0.25, 0.3) is 0 Å². The van der Waals surface area contributed by atoms with Gasteiger partial charge in [0.1, 0.15) is 0 Å². The van der Waals surface area contributed by atoms with Crippen LogP contribution in [0.2, 0.25) is 0 Å². The second-order valence-electron chi connectivity index (χ2n) is 5.77. The van der Waals surface area contributed by atoms with Crippen LogP contribution in [-0.4, -0.2) is 23.2 Å². The van der Waals surface area contributed by atoms with Gasteiger partial charge in [-0.15, -0.1) is 0 Å². The Balaban J connectivity index is 2.28. The van der Waals surface area contributed by atoms with E-state index in [2.05, 4.69) is 5.32 Å². The maximum Gasteiger partial charge on any atom is 0.220 e. The number of hydrogen-bond acceptors (Lipinski definition) is 2. The Bertz CT molecular complexity index is 241. The van der Waals surface area contributed by atoms with Crippen molar-refractivity contribution in [1.82, 2.24) is 5.32 Å². The summed E-state index contributed by atoms with van der Waals surface area (Å²) in [7, 11) is 0. The molecule has 0 aliphatic heterocycles. The van der Waals surface area contributed by atoms with Crippen LogP contribution in [-0.2, 0) is 4.79 Å². The largest absolute Gasteiger partial charge is 0.388 e. The normalized spacial score (nSPS) is 18.4. The highest BCUT2D eigenvalue weighted by molar-refractivity contribution is 5.76. The second-order valence-corrected chi connectivity index (χ2v) is 5.77. The first kappa shape index (κ1) is 15.5. The van der Waals surface area contributed by atoms with Gasteiger partial charge in [-0.1, -0.05) is 39.5 Å². The molecular formula is C15H29NO2. The monoisotopic (exact) mass is 255 g/mol. The highest BCUT2D eigenvalue weighted by Gasteiger charge is 2.23. The third-order valence-corrected chi connectivity index (χ3v) is 4.38. The van der Waals surface area contributed by atoms with Crippen molar-refractivity contribution in [3.05, 3.63) is 0 Å². The number of carbonyl (C=O) groups excluding carboxylic acids is 1. The van der Waals surface area contributed by atoms with Gasteiger partial charge in [0.25, 0.3) is 0 Å². The molecule has 0 heterocycles. The summed E-state index contributed by atoms with van der Waals surface area (Å²) in [6, 6.07) is 0. The van der Waals surface area contributed by atoms with Gasteiger partial charge < -0.3 is 10.4 Å². The van der Waals surface area contributed by atoms with E-state index in [1.54, 1.807) is 0 Å². The quantitative estimate of drug-likeness (QED) is 0.717. The van der Waals surface area contributed by atoms with Crippen LogP contribution in [0.1, 0.15) is 71.6 Å². The molecule has 0 aromatic rings. The lowest BCUT2D eigenvalue weighted by Crippen LogP contribution is -2.42. The predicted molar refractivity (Wildman–Crippen MR) is 74.4 cm³/mol. The van der Waals surface area contributed by atoms with E-state index in [9.17, 15) is 9.90 Å². The smallest absolute Gasteiger partial charge is 0.220 e. The lowest BCUT2D eigenvalue weighted by Gasteiger charge is -2.25. The van der Waals surface area contributed by atoms with E-state index < -0.39 is 5.60 Å². The summed E-state index contributed by atoms with van der Waals surface area (Å²) in [5, 5.41) is 13.0. The molecule has 1 amide bonds. The first-order chi connectivity index (χ1) is 8.59. The Morgan fingerprint density at radius 2 is 1.72 bits per heavy atom. The van der Waals surface area contributed by atoms with E-state index in [1.165, 1.54) is 38.5 Å². The molecule has 0 bridgehead atoms. The third-order valence-electron chi connectivity index (χ3n) is 4.38. The first-order valence-corrected chi connectivity index (χ1v) is 7.58.